The lowest BCUT2D eigenvalue weighted by Gasteiger charge is -2.19. The smallest absolute Gasteiger partial charge is 0.407 e. The number of aromatic nitrogens is 1. The molecule has 0 aliphatic carbocycles. The predicted molar refractivity (Wildman–Crippen MR) is 67.1 cm³/mol. The van der Waals surface area contributed by atoms with Crippen molar-refractivity contribution in [1.29, 1.82) is 0 Å². The van der Waals surface area contributed by atoms with E-state index in [2.05, 4.69) is 10.3 Å². The largest absolute Gasteiger partial charge is 0.444 e. The zero-order valence-corrected chi connectivity index (χ0v) is 11.3. The summed E-state index contributed by atoms with van der Waals surface area (Å²) in [6, 6.07) is 3.68. The van der Waals surface area contributed by atoms with Crippen LogP contribution < -0.4 is 5.32 Å². The van der Waals surface area contributed by atoms with E-state index in [-0.39, 0.29) is 0 Å². The number of ether oxygens (including phenoxy) is 1. The number of amides is 1. The molecular formula is C12H17ClN2O2. The molecule has 94 valence electrons. The van der Waals surface area contributed by atoms with Gasteiger partial charge in [-0.3, -0.25) is 0 Å². The van der Waals surface area contributed by atoms with Crippen molar-refractivity contribution >= 4 is 17.7 Å². The Balaban J connectivity index is 2.53. The van der Waals surface area contributed by atoms with E-state index in [4.69, 9.17) is 16.3 Å². The topological polar surface area (TPSA) is 51.2 Å². The van der Waals surface area contributed by atoms with Crippen LogP contribution in [-0.2, 0) is 11.3 Å². The first-order chi connectivity index (χ1) is 7.78. The maximum atomic E-state index is 11.4. The summed E-state index contributed by atoms with van der Waals surface area (Å²) in [6.07, 6.45) is -0.464. The Bertz CT molecular complexity index is 413. The van der Waals surface area contributed by atoms with E-state index < -0.39 is 11.7 Å². The molecule has 0 unspecified atom stereocenters. The molecule has 1 heterocycles. The fourth-order valence-corrected chi connectivity index (χ4v) is 1.43. The van der Waals surface area contributed by atoms with E-state index in [1.165, 1.54) is 0 Å². The highest BCUT2D eigenvalue weighted by atomic mass is 35.5. The van der Waals surface area contributed by atoms with Crippen LogP contribution in [0.5, 0.6) is 0 Å². The number of hydrogen-bond donors (Lipinski definition) is 1. The highest BCUT2D eigenvalue weighted by Crippen LogP contribution is 2.13. The van der Waals surface area contributed by atoms with Crippen molar-refractivity contribution in [2.45, 2.75) is 39.8 Å². The molecule has 17 heavy (non-hydrogen) atoms. The number of rotatable bonds is 2. The van der Waals surface area contributed by atoms with Crippen LogP contribution in [0.4, 0.5) is 4.79 Å². The van der Waals surface area contributed by atoms with Crippen LogP contribution in [-0.4, -0.2) is 16.7 Å². The maximum absolute atomic E-state index is 11.4. The van der Waals surface area contributed by atoms with Crippen molar-refractivity contribution in [3.05, 3.63) is 28.5 Å². The summed E-state index contributed by atoms with van der Waals surface area (Å²) in [5.41, 5.74) is 1.11. The molecule has 1 aromatic rings. The van der Waals surface area contributed by atoms with E-state index >= 15 is 0 Å². The summed E-state index contributed by atoms with van der Waals surface area (Å²) in [5.74, 6) is 0. The summed E-state index contributed by atoms with van der Waals surface area (Å²) in [5, 5.41) is 3.03. The predicted octanol–water partition coefficient (Wildman–Crippen LogP) is 3.07. The third-order valence-electron chi connectivity index (χ3n) is 1.89. The lowest BCUT2D eigenvalue weighted by Crippen LogP contribution is -2.32. The minimum Gasteiger partial charge on any atom is -0.444 e. The Labute approximate surface area is 106 Å². The molecule has 0 fully saturated rings. The standard InChI is InChI=1S/C12H17ClN2O2/c1-8-5-6-9(10(13)15-8)7-14-11(16)17-12(2,3)4/h5-6H,7H2,1-4H3,(H,14,16). The molecule has 0 saturated heterocycles. The second-order valence-electron chi connectivity index (χ2n) is 4.76. The Morgan fingerprint density at radius 1 is 1.47 bits per heavy atom. The molecule has 0 radical (unpaired) electrons. The normalized spacial score (nSPS) is 11.1. The Morgan fingerprint density at radius 3 is 2.65 bits per heavy atom. The van der Waals surface area contributed by atoms with Crippen molar-refractivity contribution in [3.8, 4) is 0 Å². The van der Waals surface area contributed by atoms with Gasteiger partial charge in [-0.15, -0.1) is 0 Å². The van der Waals surface area contributed by atoms with Crippen molar-refractivity contribution in [2.75, 3.05) is 0 Å². The number of hydrogen-bond acceptors (Lipinski definition) is 3. The molecule has 0 aliphatic heterocycles. The van der Waals surface area contributed by atoms with Gasteiger partial charge in [-0.2, -0.15) is 0 Å². The zero-order valence-electron chi connectivity index (χ0n) is 10.5. The first-order valence-electron chi connectivity index (χ1n) is 5.37. The van der Waals surface area contributed by atoms with E-state index in [0.717, 1.165) is 11.3 Å². The van der Waals surface area contributed by atoms with E-state index in [9.17, 15) is 4.79 Å². The average Bonchev–Trinajstić information content (AvgIpc) is 2.13. The highest BCUT2D eigenvalue weighted by Gasteiger charge is 2.16. The number of nitrogens with zero attached hydrogens (tertiary/aromatic N) is 1. The molecule has 0 aromatic carbocycles. The van der Waals surface area contributed by atoms with E-state index in [0.29, 0.717) is 11.7 Å². The monoisotopic (exact) mass is 256 g/mol. The van der Waals surface area contributed by atoms with Crippen molar-refractivity contribution in [1.82, 2.24) is 10.3 Å². The first kappa shape index (κ1) is 13.8. The minimum atomic E-state index is -0.501. The molecule has 1 aromatic heterocycles. The number of alkyl carbamates (subject to hydrolysis) is 1. The third kappa shape index (κ3) is 5.04. The molecule has 1 amide bonds. The Hall–Kier alpha value is -1.29. The molecule has 0 aliphatic rings. The number of aryl methyl sites for hydroxylation is 1. The van der Waals surface area contributed by atoms with Crippen LogP contribution in [0, 0.1) is 6.92 Å². The van der Waals surface area contributed by atoms with E-state index in [1.807, 2.05) is 39.8 Å². The highest BCUT2D eigenvalue weighted by molar-refractivity contribution is 6.30. The SMILES string of the molecule is Cc1ccc(CNC(=O)OC(C)(C)C)c(Cl)n1. The number of nitrogens with one attached hydrogen (secondary N) is 1. The fraction of sp³-hybridized carbons (Fsp3) is 0.500. The number of carbonyl (C=O) groups is 1. The molecule has 4 nitrogen and oxygen atoms in total. The summed E-state index contributed by atoms with van der Waals surface area (Å²) >= 11 is 5.94. The molecule has 0 saturated carbocycles. The van der Waals surface area contributed by atoms with Gasteiger partial charge < -0.3 is 10.1 Å². The minimum absolute atomic E-state index is 0.307. The maximum Gasteiger partial charge on any atom is 0.407 e. The van der Waals surface area contributed by atoms with Gasteiger partial charge in [0.25, 0.3) is 0 Å². The van der Waals surface area contributed by atoms with Gasteiger partial charge >= 0.3 is 6.09 Å². The molecule has 5 heteroatoms. The van der Waals surface area contributed by atoms with Gasteiger partial charge in [0.1, 0.15) is 10.8 Å². The zero-order chi connectivity index (χ0) is 13.1. The fourth-order valence-electron chi connectivity index (χ4n) is 1.17. The van der Waals surface area contributed by atoms with Crippen LogP contribution >= 0.6 is 11.6 Å². The van der Waals surface area contributed by atoms with Gasteiger partial charge in [0.2, 0.25) is 0 Å². The van der Waals surface area contributed by atoms with Crippen LogP contribution in [0.2, 0.25) is 5.15 Å². The lowest BCUT2D eigenvalue weighted by atomic mass is 10.2. The second-order valence-corrected chi connectivity index (χ2v) is 5.12. The van der Waals surface area contributed by atoms with Crippen LogP contribution in [0.1, 0.15) is 32.0 Å². The molecule has 0 atom stereocenters. The summed E-state index contributed by atoms with van der Waals surface area (Å²) < 4.78 is 5.11. The van der Waals surface area contributed by atoms with Crippen LogP contribution in [0.25, 0.3) is 0 Å². The van der Waals surface area contributed by atoms with Gasteiger partial charge in [-0.1, -0.05) is 17.7 Å². The molecular weight excluding hydrogens is 240 g/mol. The second kappa shape index (κ2) is 5.36. The Morgan fingerprint density at radius 2 is 2.12 bits per heavy atom. The van der Waals surface area contributed by atoms with Gasteiger partial charge in [0.15, 0.2) is 0 Å². The van der Waals surface area contributed by atoms with Crippen molar-refractivity contribution in [3.63, 3.8) is 0 Å². The quantitative estimate of drug-likeness (QED) is 0.828. The molecule has 0 bridgehead atoms. The molecule has 1 rings (SSSR count). The first-order valence-corrected chi connectivity index (χ1v) is 5.74. The Kier molecular flexibility index (Phi) is 4.34. The summed E-state index contributed by atoms with van der Waals surface area (Å²) in [4.78, 5) is 15.5. The van der Waals surface area contributed by atoms with Crippen LogP contribution in [0.15, 0.2) is 12.1 Å². The van der Waals surface area contributed by atoms with Gasteiger partial charge in [-0.25, -0.2) is 9.78 Å². The van der Waals surface area contributed by atoms with Gasteiger partial charge in [0, 0.05) is 17.8 Å². The number of pyridine rings is 1. The summed E-state index contributed by atoms with van der Waals surface area (Å²) in [7, 11) is 0. The number of halogens is 1. The lowest BCUT2D eigenvalue weighted by molar-refractivity contribution is 0.0523. The van der Waals surface area contributed by atoms with E-state index in [1.54, 1.807) is 0 Å². The third-order valence-corrected chi connectivity index (χ3v) is 2.21. The van der Waals surface area contributed by atoms with Crippen molar-refractivity contribution < 1.29 is 9.53 Å². The van der Waals surface area contributed by atoms with Crippen molar-refractivity contribution in [2.24, 2.45) is 0 Å². The van der Waals surface area contributed by atoms with Crippen LogP contribution in [0.3, 0.4) is 0 Å². The molecule has 0 spiro atoms. The van der Waals surface area contributed by atoms with Gasteiger partial charge in [0.05, 0.1) is 0 Å². The average molecular weight is 257 g/mol. The summed E-state index contributed by atoms with van der Waals surface area (Å²) in [6.45, 7) is 7.60. The number of carbonyl (C=O) groups excluding carboxylic acids is 1. The molecule has 1 N–H and O–H groups in total. The van der Waals surface area contributed by atoms with Gasteiger partial charge in [-0.05, 0) is 33.8 Å².